The van der Waals surface area contributed by atoms with Gasteiger partial charge < -0.3 is 36.3 Å². The molecule has 1 aliphatic heterocycles. The summed E-state index contributed by atoms with van der Waals surface area (Å²) in [7, 11) is 0. The quantitative estimate of drug-likeness (QED) is 0.150. The van der Waals surface area contributed by atoms with E-state index in [4.69, 9.17) is 0 Å². The summed E-state index contributed by atoms with van der Waals surface area (Å²) in [4.78, 5) is 72.0. The third-order valence-electron chi connectivity index (χ3n) is 6.29. The third-order valence-corrected chi connectivity index (χ3v) is 6.29. The highest BCUT2D eigenvalue weighted by atomic mass is 16.3. The van der Waals surface area contributed by atoms with Crippen LogP contribution in [-0.4, -0.2) is 80.7 Å². The number of aromatic nitrogens is 3. The van der Waals surface area contributed by atoms with Gasteiger partial charge in [-0.2, -0.15) is 0 Å². The first-order valence-electron chi connectivity index (χ1n) is 12.1. The average molecular weight is 523 g/mol. The Morgan fingerprint density at radius 1 is 1.08 bits per heavy atom. The topological polar surface area (TPSA) is 198 Å². The zero-order chi connectivity index (χ0) is 27.1. The fourth-order valence-electron chi connectivity index (χ4n) is 4.29. The smallest absolute Gasteiger partial charge is 0.243 e. The van der Waals surface area contributed by atoms with Crippen LogP contribution in [0.15, 0.2) is 43.0 Å². The van der Waals surface area contributed by atoms with E-state index in [-0.39, 0.29) is 25.2 Å². The highest BCUT2D eigenvalue weighted by Crippen LogP contribution is 2.19. The SMILES string of the molecule is O=[C][C@H](CO)NC(=O)[C@H](Cc1c[nH]c2ccccc12)NC(=O)[C@H](Cc1c[nH]cn1)NC(=O)[C@@H]1CCC(=O)N1. The van der Waals surface area contributed by atoms with E-state index in [9.17, 15) is 29.1 Å². The summed E-state index contributed by atoms with van der Waals surface area (Å²) < 4.78 is 0. The lowest BCUT2D eigenvalue weighted by molar-refractivity contribution is -0.133. The molecule has 4 atom stereocenters. The van der Waals surface area contributed by atoms with E-state index in [0.29, 0.717) is 12.1 Å². The largest absolute Gasteiger partial charge is 0.394 e. The van der Waals surface area contributed by atoms with Gasteiger partial charge in [0, 0.05) is 42.6 Å². The minimum Gasteiger partial charge on any atom is -0.394 e. The number of nitrogens with one attached hydrogen (secondary N) is 6. The van der Waals surface area contributed by atoms with Crippen LogP contribution >= 0.6 is 0 Å². The summed E-state index contributed by atoms with van der Waals surface area (Å²) in [5.74, 6) is -2.15. The number of benzene rings is 1. The van der Waals surface area contributed by atoms with Crippen LogP contribution in [-0.2, 0) is 36.8 Å². The summed E-state index contributed by atoms with van der Waals surface area (Å²) in [5, 5.41) is 20.4. The number of hydrogen-bond donors (Lipinski definition) is 7. The molecule has 13 nitrogen and oxygen atoms in total. The first-order valence-corrected chi connectivity index (χ1v) is 12.1. The van der Waals surface area contributed by atoms with Gasteiger partial charge in [0.1, 0.15) is 24.2 Å². The standard InChI is InChI=1S/C25H28N7O6/c33-11-16(12-34)29-24(37)20(7-14-9-27-18-4-2-1-3-17(14)18)31-25(38)21(8-15-10-26-13-28-15)32-23(36)19-5-6-22(35)30-19/h1-4,9-10,13,16,19-21,27,33H,5-8,11H2,(H,26,28)(H,29,37)(H,30,35)(H,31,38)(H,32,36)/t16-,19-,20-,21-/m0/s1. The maximum absolute atomic E-state index is 13.5. The maximum Gasteiger partial charge on any atom is 0.243 e. The molecule has 1 fully saturated rings. The Labute approximate surface area is 217 Å². The molecule has 0 bridgehead atoms. The minimum atomic E-state index is -1.27. The maximum atomic E-state index is 13.5. The van der Waals surface area contributed by atoms with Crippen molar-refractivity contribution in [2.45, 2.75) is 49.9 Å². The number of aromatic amines is 2. The van der Waals surface area contributed by atoms with E-state index >= 15 is 0 Å². The van der Waals surface area contributed by atoms with E-state index < -0.39 is 48.5 Å². The molecule has 4 amide bonds. The van der Waals surface area contributed by atoms with Gasteiger partial charge in [0.2, 0.25) is 29.9 Å². The van der Waals surface area contributed by atoms with E-state index in [0.717, 1.165) is 16.5 Å². The second-order valence-electron chi connectivity index (χ2n) is 8.97. The Bertz CT molecular complexity index is 1300. The van der Waals surface area contributed by atoms with Gasteiger partial charge in [0.25, 0.3) is 0 Å². The van der Waals surface area contributed by atoms with Gasteiger partial charge in [-0.3, -0.25) is 24.0 Å². The zero-order valence-electron chi connectivity index (χ0n) is 20.3. The second kappa shape index (κ2) is 12.1. The molecule has 7 N–H and O–H groups in total. The van der Waals surface area contributed by atoms with Crippen molar-refractivity contribution in [3.63, 3.8) is 0 Å². The Kier molecular flexibility index (Phi) is 8.48. The highest BCUT2D eigenvalue weighted by Gasteiger charge is 2.33. The number of rotatable bonds is 12. The number of aliphatic hydroxyl groups excluding tert-OH is 1. The van der Waals surface area contributed by atoms with Crippen LogP contribution in [0, 0.1) is 0 Å². The van der Waals surface area contributed by atoms with Crippen molar-refractivity contribution < 1.29 is 29.1 Å². The number of para-hydroxylation sites is 1. The monoisotopic (exact) mass is 522 g/mol. The predicted molar refractivity (Wildman–Crippen MR) is 134 cm³/mol. The number of nitrogens with zero attached hydrogens (tertiary/aromatic N) is 1. The number of H-pyrrole nitrogens is 2. The number of fused-ring (bicyclic) bond motifs is 1. The van der Waals surface area contributed by atoms with Crippen LogP contribution in [0.5, 0.6) is 0 Å². The van der Waals surface area contributed by atoms with Gasteiger partial charge in [0.15, 0.2) is 0 Å². The predicted octanol–water partition coefficient (Wildman–Crippen LogP) is -1.49. The number of amides is 4. The normalized spacial score (nSPS) is 17.3. The van der Waals surface area contributed by atoms with Crippen LogP contribution in [0.3, 0.4) is 0 Å². The van der Waals surface area contributed by atoms with Crippen LogP contribution < -0.4 is 21.3 Å². The van der Waals surface area contributed by atoms with Gasteiger partial charge in [-0.15, -0.1) is 0 Å². The molecular formula is C25H28N7O6. The lowest BCUT2D eigenvalue weighted by atomic mass is 10.0. The first-order chi connectivity index (χ1) is 18.4. The summed E-state index contributed by atoms with van der Waals surface area (Å²) >= 11 is 0. The van der Waals surface area contributed by atoms with Gasteiger partial charge in [-0.1, -0.05) is 18.2 Å². The van der Waals surface area contributed by atoms with Crippen LogP contribution in [0.2, 0.25) is 0 Å². The molecule has 0 spiro atoms. The zero-order valence-corrected chi connectivity index (χ0v) is 20.3. The number of aliphatic hydroxyl groups is 1. The van der Waals surface area contributed by atoms with Crippen molar-refractivity contribution in [1.29, 1.82) is 0 Å². The first kappa shape index (κ1) is 26.5. The van der Waals surface area contributed by atoms with Crippen molar-refractivity contribution in [2.75, 3.05) is 6.61 Å². The Morgan fingerprint density at radius 3 is 2.53 bits per heavy atom. The van der Waals surface area contributed by atoms with Crippen molar-refractivity contribution >= 4 is 40.8 Å². The number of carbonyl (C=O) groups excluding carboxylic acids is 5. The van der Waals surface area contributed by atoms with E-state index in [1.54, 1.807) is 12.4 Å². The van der Waals surface area contributed by atoms with E-state index in [1.165, 1.54) is 12.6 Å². The summed E-state index contributed by atoms with van der Waals surface area (Å²) in [6.07, 6.45) is 6.85. The Morgan fingerprint density at radius 2 is 1.84 bits per heavy atom. The lowest BCUT2D eigenvalue weighted by Crippen LogP contribution is -2.58. The molecule has 4 rings (SSSR count). The lowest BCUT2D eigenvalue weighted by Gasteiger charge is -2.24. The van der Waals surface area contributed by atoms with Gasteiger partial charge in [-0.25, -0.2) is 4.98 Å². The number of imidazole rings is 1. The van der Waals surface area contributed by atoms with E-state index in [1.807, 2.05) is 24.3 Å². The summed E-state index contributed by atoms with van der Waals surface area (Å²) in [6, 6.07) is 3.12. The molecule has 2 aromatic heterocycles. The van der Waals surface area contributed by atoms with Gasteiger partial charge in [-0.05, 0) is 18.1 Å². The Balaban J connectivity index is 1.55. The number of carbonyl (C=O) groups is 4. The second-order valence-corrected chi connectivity index (χ2v) is 8.97. The van der Waals surface area contributed by atoms with E-state index in [2.05, 4.69) is 36.2 Å². The molecule has 1 saturated heterocycles. The van der Waals surface area contributed by atoms with Crippen molar-refractivity contribution in [3.05, 3.63) is 54.2 Å². The molecule has 1 radical (unpaired) electrons. The fourth-order valence-corrected chi connectivity index (χ4v) is 4.29. The van der Waals surface area contributed by atoms with Crippen molar-refractivity contribution in [2.24, 2.45) is 0 Å². The molecule has 0 unspecified atom stereocenters. The molecule has 13 heteroatoms. The molecular weight excluding hydrogens is 494 g/mol. The molecule has 38 heavy (non-hydrogen) atoms. The van der Waals surface area contributed by atoms with Crippen LogP contribution in [0.25, 0.3) is 10.9 Å². The number of hydrogen-bond acceptors (Lipinski definition) is 7. The summed E-state index contributed by atoms with van der Waals surface area (Å²) in [6.45, 7) is -0.659. The highest BCUT2D eigenvalue weighted by molar-refractivity contribution is 5.96. The minimum absolute atomic E-state index is 0.0184. The molecule has 1 aromatic carbocycles. The third kappa shape index (κ3) is 6.42. The molecule has 0 aliphatic carbocycles. The van der Waals surface area contributed by atoms with Gasteiger partial charge >= 0.3 is 0 Å². The fraction of sp³-hybridized carbons (Fsp3) is 0.360. The van der Waals surface area contributed by atoms with Crippen molar-refractivity contribution in [3.8, 4) is 0 Å². The molecule has 3 heterocycles. The Hall–Kier alpha value is -4.52. The van der Waals surface area contributed by atoms with Gasteiger partial charge in [0.05, 0.1) is 18.6 Å². The van der Waals surface area contributed by atoms with Crippen molar-refractivity contribution in [1.82, 2.24) is 36.2 Å². The summed E-state index contributed by atoms with van der Waals surface area (Å²) in [5.41, 5.74) is 2.07. The van der Waals surface area contributed by atoms with Crippen LogP contribution in [0.4, 0.5) is 0 Å². The van der Waals surface area contributed by atoms with Crippen LogP contribution in [0.1, 0.15) is 24.1 Å². The molecule has 3 aromatic rings. The average Bonchev–Trinajstić information content (AvgIpc) is 3.68. The molecule has 1 aliphatic rings. The molecule has 199 valence electrons. The molecule has 0 saturated carbocycles.